The van der Waals surface area contributed by atoms with E-state index in [0.29, 0.717) is 28.3 Å². The predicted molar refractivity (Wildman–Crippen MR) is 83.6 cm³/mol. The highest BCUT2D eigenvalue weighted by molar-refractivity contribution is 6.35. The molecule has 0 unspecified atom stereocenters. The summed E-state index contributed by atoms with van der Waals surface area (Å²) < 4.78 is 5.86. The maximum absolute atomic E-state index is 6.20. The van der Waals surface area contributed by atoms with Crippen LogP contribution in [0, 0.1) is 6.92 Å². The zero-order chi connectivity index (χ0) is 14.8. The van der Waals surface area contributed by atoms with E-state index in [0.717, 1.165) is 10.8 Å². The minimum Gasteiger partial charge on any atom is -0.438 e. The fraction of sp³-hybridized carbons (Fsp3) is 0.0667. The molecule has 106 valence electrons. The number of fused-ring (bicyclic) bond motifs is 1. The van der Waals surface area contributed by atoms with E-state index in [-0.39, 0.29) is 0 Å². The number of hydrogen-bond donors (Lipinski definition) is 2. The highest BCUT2D eigenvalue weighted by atomic mass is 35.5. The molecule has 0 radical (unpaired) electrons. The highest BCUT2D eigenvalue weighted by Gasteiger charge is 2.08. The van der Waals surface area contributed by atoms with E-state index in [1.54, 1.807) is 19.1 Å². The largest absolute Gasteiger partial charge is 0.438 e. The number of anilines is 1. The maximum atomic E-state index is 6.20. The van der Waals surface area contributed by atoms with Gasteiger partial charge in [-0.2, -0.15) is 4.98 Å². The van der Waals surface area contributed by atoms with E-state index in [2.05, 4.69) is 15.4 Å². The summed E-state index contributed by atoms with van der Waals surface area (Å²) in [7, 11) is 0. The molecule has 3 aromatic rings. The number of aromatic nitrogens is 2. The van der Waals surface area contributed by atoms with Gasteiger partial charge in [-0.05, 0) is 19.1 Å². The van der Waals surface area contributed by atoms with E-state index in [4.69, 9.17) is 22.2 Å². The number of hydrogen-bond acceptors (Lipinski definition) is 5. The van der Waals surface area contributed by atoms with Gasteiger partial charge in [0.1, 0.15) is 17.4 Å². The second-order valence-corrected chi connectivity index (χ2v) is 4.88. The van der Waals surface area contributed by atoms with Crippen molar-refractivity contribution in [3.8, 4) is 11.6 Å². The van der Waals surface area contributed by atoms with Crippen LogP contribution in [-0.4, -0.2) is 9.97 Å². The van der Waals surface area contributed by atoms with Crippen molar-refractivity contribution >= 4 is 28.2 Å². The molecule has 2 aromatic carbocycles. The van der Waals surface area contributed by atoms with E-state index in [9.17, 15) is 0 Å². The van der Waals surface area contributed by atoms with Crippen molar-refractivity contribution in [2.75, 3.05) is 5.43 Å². The third kappa shape index (κ3) is 2.74. The normalized spacial score (nSPS) is 10.6. The Labute approximate surface area is 126 Å². The van der Waals surface area contributed by atoms with Crippen LogP contribution in [-0.2, 0) is 0 Å². The molecule has 0 saturated heterocycles. The van der Waals surface area contributed by atoms with Crippen molar-refractivity contribution < 1.29 is 4.74 Å². The standard InChI is InChI=1S/C15H13ClN4O/c1-9-18-14(20-17)8-15(19-9)21-13-7-6-12(16)10-4-2-3-5-11(10)13/h2-8H,17H2,1H3,(H,18,19,20). The molecule has 1 heterocycles. The molecule has 0 saturated carbocycles. The van der Waals surface area contributed by atoms with Gasteiger partial charge in [0.2, 0.25) is 5.88 Å². The zero-order valence-electron chi connectivity index (χ0n) is 11.3. The van der Waals surface area contributed by atoms with Crippen LogP contribution in [0.1, 0.15) is 5.82 Å². The Bertz CT molecular complexity index is 807. The summed E-state index contributed by atoms with van der Waals surface area (Å²) in [5.41, 5.74) is 2.49. The van der Waals surface area contributed by atoms with Crippen LogP contribution in [0.15, 0.2) is 42.5 Å². The van der Waals surface area contributed by atoms with Gasteiger partial charge in [-0.25, -0.2) is 10.8 Å². The fourth-order valence-electron chi connectivity index (χ4n) is 2.10. The predicted octanol–water partition coefficient (Wildman–Crippen LogP) is 3.67. The first kappa shape index (κ1) is 13.6. The lowest BCUT2D eigenvalue weighted by molar-refractivity contribution is 0.465. The molecular weight excluding hydrogens is 288 g/mol. The van der Waals surface area contributed by atoms with E-state index >= 15 is 0 Å². The SMILES string of the molecule is Cc1nc(NN)cc(Oc2ccc(Cl)c3ccccc23)n1. The van der Waals surface area contributed by atoms with E-state index < -0.39 is 0 Å². The van der Waals surface area contributed by atoms with Gasteiger partial charge in [0, 0.05) is 21.9 Å². The number of aryl methyl sites for hydroxylation is 1. The number of nitrogen functional groups attached to an aromatic ring is 1. The molecule has 0 atom stereocenters. The molecule has 0 amide bonds. The number of nitrogens with zero attached hydrogens (tertiary/aromatic N) is 2. The first-order valence-electron chi connectivity index (χ1n) is 6.35. The summed E-state index contributed by atoms with van der Waals surface area (Å²) in [4.78, 5) is 8.37. The van der Waals surface area contributed by atoms with Crippen LogP contribution < -0.4 is 16.0 Å². The van der Waals surface area contributed by atoms with E-state index in [1.165, 1.54) is 0 Å². The molecule has 0 bridgehead atoms. The van der Waals surface area contributed by atoms with Gasteiger partial charge in [0.25, 0.3) is 0 Å². The minimum absolute atomic E-state index is 0.419. The third-order valence-corrected chi connectivity index (χ3v) is 3.34. The molecule has 3 rings (SSSR count). The summed E-state index contributed by atoms with van der Waals surface area (Å²) in [6.07, 6.45) is 0. The molecule has 3 N–H and O–H groups in total. The zero-order valence-corrected chi connectivity index (χ0v) is 12.1. The number of nitrogens with one attached hydrogen (secondary N) is 1. The van der Waals surface area contributed by atoms with Gasteiger partial charge < -0.3 is 10.2 Å². The van der Waals surface area contributed by atoms with Crippen LogP contribution in [0.4, 0.5) is 5.82 Å². The van der Waals surface area contributed by atoms with Crippen molar-refractivity contribution in [1.29, 1.82) is 0 Å². The van der Waals surface area contributed by atoms with Crippen LogP contribution in [0.5, 0.6) is 11.6 Å². The molecule has 5 nitrogen and oxygen atoms in total. The van der Waals surface area contributed by atoms with Gasteiger partial charge >= 0.3 is 0 Å². The smallest absolute Gasteiger partial charge is 0.224 e. The lowest BCUT2D eigenvalue weighted by Crippen LogP contribution is -2.09. The average molecular weight is 301 g/mol. The Balaban J connectivity index is 2.06. The molecule has 0 aliphatic rings. The monoisotopic (exact) mass is 300 g/mol. The van der Waals surface area contributed by atoms with Gasteiger partial charge in [-0.3, -0.25) is 0 Å². The summed E-state index contributed by atoms with van der Waals surface area (Å²) in [5.74, 6) is 7.54. The molecular formula is C15H13ClN4O. The lowest BCUT2D eigenvalue weighted by atomic mass is 10.1. The van der Waals surface area contributed by atoms with Crippen LogP contribution in [0.2, 0.25) is 5.02 Å². The van der Waals surface area contributed by atoms with Crippen molar-refractivity contribution in [1.82, 2.24) is 9.97 Å². The van der Waals surface area contributed by atoms with Gasteiger partial charge in [-0.15, -0.1) is 0 Å². The average Bonchev–Trinajstić information content (AvgIpc) is 2.50. The molecule has 21 heavy (non-hydrogen) atoms. The van der Waals surface area contributed by atoms with Crippen molar-refractivity contribution in [2.45, 2.75) is 6.92 Å². The van der Waals surface area contributed by atoms with Crippen molar-refractivity contribution in [2.24, 2.45) is 5.84 Å². The van der Waals surface area contributed by atoms with Gasteiger partial charge in [-0.1, -0.05) is 35.9 Å². The molecule has 1 aromatic heterocycles. The van der Waals surface area contributed by atoms with Crippen LogP contribution in [0.25, 0.3) is 10.8 Å². The van der Waals surface area contributed by atoms with Gasteiger partial charge in [0.15, 0.2) is 0 Å². The molecule has 0 spiro atoms. The van der Waals surface area contributed by atoms with Crippen LogP contribution >= 0.6 is 11.6 Å². The quantitative estimate of drug-likeness (QED) is 0.570. The number of benzene rings is 2. The Morgan fingerprint density at radius 3 is 2.62 bits per heavy atom. The molecule has 0 aliphatic heterocycles. The number of ether oxygens (including phenoxy) is 1. The molecule has 0 fully saturated rings. The first-order valence-corrected chi connectivity index (χ1v) is 6.72. The number of hydrazine groups is 1. The van der Waals surface area contributed by atoms with Gasteiger partial charge in [0.05, 0.1) is 0 Å². The molecule has 0 aliphatic carbocycles. The summed E-state index contributed by atoms with van der Waals surface area (Å²) in [5, 5.41) is 2.53. The number of rotatable bonds is 3. The van der Waals surface area contributed by atoms with Crippen LogP contribution in [0.3, 0.4) is 0 Å². The summed E-state index contributed by atoms with van der Waals surface area (Å²) in [6.45, 7) is 1.77. The second kappa shape index (κ2) is 5.55. The van der Waals surface area contributed by atoms with E-state index in [1.807, 2.05) is 30.3 Å². The number of halogens is 1. The van der Waals surface area contributed by atoms with Crippen molar-refractivity contribution in [3.63, 3.8) is 0 Å². The fourth-order valence-corrected chi connectivity index (χ4v) is 2.33. The minimum atomic E-state index is 0.419. The Morgan fingerprint density at radius 2 is 1.86 bits per heavy atom. The summed E-state index contributed by atoms with van der Waals surface area (Å²) in [6, 6.07) is 13.0. The number of nitrogens with two attached hydrogens (primary N) is 1. The maximum Gasteiger partial charge on any atom is 0.224 e. The lowest BCUT2D eigenvalue weighted by Gasteiger charge is -2.10. The van der Waals surface area contributed by atoms with Crippen molar-refractivity contribution in [3.05, 3.63) is 53.3 Å². The topological polar surface area (TPSA) is 73.1 Å². The first-order chi connectivity index (χ1) is 10.2. The Kier molecular flexibility index (Phi) is 3.60. The summed E-state index contributed by atoms with van der Waals surface area (Å²) >= 11 is 6.20. The molecule has 6 heteroatoms. The Morgan fingerprint density at radius 1 is 1.10 bits per heavy atom. The Hall–Kier alpha value is -2.37. The third-order valence-electron chi connectivity index (χ3n) is 3.01. The highest BCUT2D eigenvalue weighted by Crippen LogP contribution is 2.33. The second-order valence-electron chi connectivity index (χ2n) is 4.48.